The lowest BCUT2D eigenvalue weighted by Crippen LogP contribution is -2.33. The van der Waals surface area contributed by atoms with Crippen LogP contribution in [0.15, 0.2) is 0 Å². The molecule has 0 aromatic heterocycles. The van der Waals surface area contributed by atoms with Crippen LogP contribution in [0.1, 0.15) is 59.8 Å². The van der Waals surface area contributed by atoms with Crippen molar-refractivity contribution >= 4 is 9.28 Å². The standard InChI is InChI=1S/C14H30O2Si/c1-5-15-17(16-6-2)14(11-12(3)4)13-9-7-8-10-13/h12-14,17H,5-11H2,1-4H3. The number of hydrogen-bond donors (Lipinski definition) is 0. The molecule has 0 aliphatic heterocycles. The molecule has 0 radical (unpaired) electrons. The van der Waals surface area contributed by atoms with Crippen LogP contribution in [0.25, 0.3) is 0 Å². The van der Waals surface area contributed by atoms with E-state index in [1.165, 1.54) is 32.1 Å². The first-order valence-electron chi connectivity index (χ1n) is 7.42. The monoisotopic (exact) mass is 258 g/mol. The highest BCUT2D eigenvalue weighted by atomic mass is 28.3. The van der Waals surface area contributed by atoms with Crippen LogP contribution < -0.4 is 0 Å². The number of hydrogen-bond acceptors (Lipinski definition) is 2. The molecule has 1 aliphatic carbocycles. The van der Waals surface area contributed by atoms with E-state index in [0.717, 1.165) is 30.6 Å². The first kappa shape index (κ1) is 15.2. The minimum Gasteiger partial charge on any atom is -0.397 e. The summed E-state index contributed by atoms with van der Waals surface area (Å²) in [6.45, 7) is 10.5. The molecule has 102 valence electrons. The molecule has 0 aromatic rings. The van der Waals surface area contributed by atoms with Crippen LogP contribution in [0.5, 0.6) is 0 Å². The molecule has 1 atom stereocenters. The zero-order valence-electron chi connectivity index (χ0n) is 12.1. The summed E-state index contributed by atoms with van der Waals surface area (Å²) in [5, 5.41) is 0. The van der Waals surface area contributed by atoms with E-state index in [1.54, 1.807) is 0 Å². The van der Waals surface area contributed by atoms with Crippen molar-refractivity contribution in [2.75, 3.05) is 13.2 Å². The second kappa shape index (κ2) is 8.28. The highest BCUT2D eigenvalue weighted by molar-refractivity contribution is 6.46. The van der Waals surface area contributed by atoms with Gasteiger partial charge in [0, 0.05) is 18.8 Å². The fourth-order valence-electron chi connectivity index (χ4n) is 3.08. The lowest BCUT2D eigenvalue weighted by Gasteiger charge is -2.30. The van der Waals surface area contributed by atoms with Crippen LogP contribution in [0, 0.1) is 11.8 Å². The first-order valence-corrected chi connectivity index (χ1v) is 9.03. The fraction of sp³-hybridized carbons (Fsp3) is 1.00. The first-order chi connectivity index (χ1) is 8.19. The molecule has 0 amide bonds. The normalized spacial score (nSPS) is 19.4. The van der Waals surface area contributed by atoms with Crippen LogP contribution in [0.3, 0.4) is 0 Å². The molecule has 17 heavy (non-hydrogen) atoms. The molecule has 1 aliphatic rings. The zero-order chi connectivity index (χ0) is 12.7. The van der Waals surface area contributed by atoms with Crippen LogP contribution in [0.4, 0.5) is 0 Å². The van der Waals surface area contributed by atoms with Gasteiger partial charge in [-0.25, -0.2) is 0 Å². The summed E-state index contributed by atoms with van der Waals surface area (Å²) in [5.74, 6) is 1.64. The summed E-state index contributed by atoms with van der Waals surface area (Å²) < 4.78 is 11.9. The van der Waals surface area contributed by atoms with Gasteiger partial charge in [-0.3, -0.25) is 0 Å². The third kappa shape index (κ3) is 5.10. The third-order valence-electron chi connectivity index (χ3n) is 3.76. The predicted molar refractivity (Wildman–Crippen MR) is 75.6 cm³/mol. The Kier molecular flexibility index (Phi) is 7.40. The highest BCUT2D eigenvalue weighted by Crippen LogP contribution is 2.40. The molecular formula is C14H30O2Si. The molecule has 1 rings (SSSR count). The lowest BCUT2D eigenvalue weighted by atomic mass is 9.96. The Morgan fingerprint density at radius 1 is 1.06 bits per heavy atom. The average molecular weight is 258 g/mol. The van der Waals surface area contributed by atoms with Crippen LogP contribution >= 0.6 is 0 Å². The van der Waals surface area contributed by atoms with Crippen LogP contribution in [-0.4, -0.2) is 22.5 Å². The molecular weight excluding hydrogens is 228 g/mol. The van der Waals surface area contributed by atoms with Crippen LogP contribution in [0.2, 0.25) is 5.54 Å². The molecule has 0 N–H and O–H groups in total. The Hall–Kier alpha value is 0.137. The predicted octanol–water partition coefficient (Wildman–Crippen LogP) is 3.89. The van der Waals surface area contributed by atoms with Gasteiger partial charge in [0.1, 0.15) is 0 Å². The van der Waals surface area contributed by atoms with Gasteiger partial charge >= 0.3 is 9.28 Å². The van der Waals surface area contributed by atoms with Gasteiger partial charge in [-0.2, -0.15) is 0 Å². The fourth-order valence-corrected chi connectivity index (χ4v) is 5.92. The molecule has 1 fully saturated rings. The topological polar surface area (TPSA) is 18.5 Å². The van der Waals surface area contributed by atoms with Crippen molar-refractivity contribution in [2.45, 2.75) is 65.3 Å². The molecule has 1 unspecified atom stereocenters. The van der Waals surface area contributed by atoms with Gasteiger partial charge in [0.05, 0.1) is 0 Å². The Morgan fingerprint density at radius 3 is 2.00 bits per heavy atom. The maximum Gasteiger partial charge on any atom is 0.324 e. The van der Waals surface area contributed by atoms with Crippen molar-refractivity contribution in [3.8, 4) is 0 Å². The molecule has 0 bridgehead atoms. The highest BCUT2D eigenvalue weighted by Gasteiger charge is 2.35. The van der Waals surface area contributed by atoms with Gasteiger partial charge in [0.25, 0.3) is 0 Å². The van der Waals surface area contributed by atoms with Crippen molar-refractivity contribution in [1.29, 1.82) is 0 Å². The molecule has 0 saturated heterocycles. The van der Waals surface area contributed by atoms with Gasteiger partial charge in [-0.05, 0) is 32.1 Å². The summed E-state index contributed by atoms with van der Waals surface area (Å²) in [7, 11) is -1.46. The summed E-state index contributed by atoms with van der Waals surface area (Å²) in [5.41, 5.74) is 0.734. The average Bonchev–Trinajstić information content (AvgIpc) is 2.78. The Labute approximate surface area is 109 Å². The summed E-state index contributed by atoms with van der Waals surface area (Å²) in [6, 6.07) is 0. The van der Waals surface area contributed by atoms with Gasteiger partial charge in [0.2, 0.25) is 0 Å². The van der Waals surface area contributed by atoms with E-state index >= 15 is 0 Å². The molecule has 0 spiro atoms. The van der Waals surface area contributed by atoms with Gasteiger partial charge in [-0.15, -0.1) is 0 Å². The van der Waals surface area contributed by atoms with Gasteiger partial charge in [0.15, 0.2) is 0 Å². The smallest absolute Gasteiger partial charge is 0.324 e. The SMILES string of the molecule is CCO[SiH](OCC)C(CC(C)C)C1CCCC1. The van der Waals surface area contributed by atoms with Crippen molar-refractivity contribution < 1.29 is 8.85 Å². The van der Waals surface area contributed by atoms with Crippen molar-refractivity contribution in [2.24, 2.45) is 11.8 Å². The van der Waals surface area contributed by atoms with E-state index in [9.17, 15) is 0 Å². The minimum absolute atomic E-state index is 0.734. The summed E-state index contributed by atoms with van der Waals surface area (Å²) in [6.07, 6.45) is 6.93. The van der Waals surface area contributed by atoms with E-state index in [2.05, 4.69) is 27.7 Å². The summed E-state index contributed by atoms with van der Waals surface area (Å²) in [4.78, 5) is 0. The van der Waals surface area contributed by atoms with E-state index in [-0.39, 0.29) is 0 Å². The second-order valence-electron chi connectivity index (χ2n) is 5.62. The second-order valence-corrected chi connectivity index (χ2v) is 7.88. The van der Waals surface area contributed by atoms with Crippen molar-refractivity contribution in [3.63, 3.8) is 0 Å². The molecule has 2 nitrogen and oxygen atoms in total. The molecule has 0 aromatic carbocycles. The number of rotatable bonds is 8. The maximum atomic E-state index is 5.97. The lowest BCUT2D eigenvalue weighted by molar-refractivity contribution is 0.187. The van der Waals surface area contributed by atoms with Crippen molar-refractivity contribution in [3.05, 3.63) is 0 Å². The maximum absolute atomic E-state index is 5.97. The Morgan fingerprint density at radius 2 is 1.59 bits per heavy atom. The van der Waals surface area contributed by atoms with Gasteiger partial charge in [-0.1, -0.05) is 39.5 Å². The Bertz CT molecular complexity index is 185. The van der Waals surface area contributed by atoms with E-state index in [4.69, 9.17) is 8.85 Å². The Balaban J connectivity index is 2.62. The molecule has 1 saturated carbocycles. The van der Waals surface area contributed by atoms with Gasteiger partial charge < -0.3 is 8.85 Å². The van der Waals surface area contributed by atoms with Crippen molar-refractivity contribution in [1.82, 2.24) is 0 Å². The third-order valence-corrected chi connectivity index (χ3v) is 6.60. The zero-order valence-corrected chi connectivity index (χ0v) is 13.2. The van der Waals surface area contributed by atoms with Crippen LogP contribution in [-0.2, 0) is 8.85 Å². The van der Waals surface area contributed by atoms with E-state index in [1.807, 2.05) is 0 Å². The van der Waals surface area contributed by atoms with E-state index < -0.39 is 9.28 Å². The van der Waals surface area contributed by atoms with E-state index in [0.29, 0.717) is 0 Å². The minimum atomic E-state index is -1.46. The molecule has 0 heterocycles. The quantitative estimate of drug-likeness (QED) is 0.615. The molecule has 3 heteroatoms. The largest absolute Gasteiger partial charge is 0.397 e. The summed E-state index contributed by atoms with van der Waals surface area (Å²) >= 11 is 0.